The van der Waals surface area contributed by atoms with Gasteiger partial charge in [-0.15, -0.1) is 0 Å². The van der Waals surface area contributed by atoms with Gasteiger partial charge in [-0.3, -0.25) is 0 Å². The minimum absolute atomic E-state index is 0.122. The van der Waals surface area contributed by atoms with E-state index in [0.29, 0.717) is 23.4 Å². The first-order valence-corrected chi connectivity index (χ1v) is 8.26. The zero-order valence-electron chi connectivity index (χ0n) is 14.7. The largest absolute Gasteiger partial charge is 0.472 e. The summed E-state index contributed by atoms with van der Waals surface area (Å²) < 4.78 is 38.6. The molecule has 0 amide bonds. The predicted molar refractivity (Wildman–Crippen MR) is 94.7 cm³/mol. The quantitative estimate of drug-likeness (QED) is 0.607. The van der Waals surface area contributed by atoms with Crippen molar-refractivity contribution >= 4 is 16.7 Å². The number of rotatable bonds is 1. The minimum atomic E-state index is -0.632. The van der Waals surface area contributed by atoms with Gasteiger partial charge < -0.3 is 14.1 Å². The van der Waals surface area contributed by atoms with E-state index in [1.807, 2.05) is 19.9 Å². The van der Waals surface area contributed by atoms with Crippen LogP contribution in [0, 0.1) is 32.4 Å². The van der Waals surface area contributed by atoms with Crippen molar-refractivity contribution in [2.24, 2.45) is 0 Å². The van der Waals surface area contributed by atoms with Crippen LogP contribution < -0.4 is 15.3 Å². The van der Waals surface area contributed by atoms with Gasteiger partial charge in [-0.25, -0.2) is 13.6 Å². The van der Waals surface area contributed by atoms with Crippen LogP contribution in [0.2, 0.25) is 0 Å². The van der Waals surface area contributed by atoms with Crippen molar-refractivity contribution in [2.45, 2.75) is 27.3 Å². The van der Waals surface area contributed by atoms with Gasteiger partial charge in [0.25, 0.3) is 0 Å². The molecule has 1 aliphatic heterocycles. The maximum absolute atomic E-state index is 14.1. The van der Waals surface area contributed by atoms with Crippen molar-refractivity contribution in [2.75, 3.05) is 11.6 Å². The minimum Gasteiger partial charge on any atom is -0.472 e. The van der Waals surface area contributed by atoms with Gasteiger partial charge in [0.05, 0.1) is 5.69 Å². The standard InChI is InChI=1S/C20H17F2NO3/c1-10-11(2)20(24)26-19-12(3)18-13(6-15(10)19)8-23(9-25-18)17-5-4-14(21)7-16(17)22/h4-7H,8-9H2,1-3H3. The zero-order valence-corrected chi connectivity index (χ0v) is 14.7. The average Bonchev–Trinajstić information content (AvgIpc) is 2.61. The third-order valence-corrected chi connectivity index (χ3v) is 4.98. The molecule has 3 aromatic rings. The lowest BCUT2D eigenvalue weighted by Gasteiger charge is -2.32. The Morgan fingerprint density at radius 1 is 1.04 bits per heavy atom. The molecule has 0 aliphatic carbocycles. The van der Waals surface area contributed by atoms with E-state index in [9.17, 15) is 13.6 Å². The number of benzene rings is 2. The summed E-state index contributed by atoms with van der Waals surface area (Å²) in [6.07, 6.45) is 0. The fraction of sp³-hybridized carbons (Fsp3) is 0.250. The molecule has 6 heteroatoms. The fourth-order valence-corrected chi connectivity index (χ4v) is 3.39. The summed E-state index contributed by atoms with van der Waals surface area (Å²) in [7, 11) is 0. The maximum atomic E-state index is 14.1. The van der Waals surface area contributed by atoms with Crippen LogP contribution in [-0.2, 0) is 6.54 Å². The smallest absolute Gasteiger partial charge is 0.339 e. The number of hydrogen-bond acceptors (Lipinski definition) is 4. The van der Waals surface area contributed by atoms with Crippen LogP contribution in [0.1, 0.15) is 22.3 Å². The van der Waals surface area contributed by atoms with E-state index in [2.05, 4.69) is 0 Å². The van der Waals surface area contributed by atoms with E-state index in [1.165, 1.54) is 12.1 Å². The monoisotopic (exact) mass is 357 g/mol. The summed E-state index contributed by atoms with van der Waals surface area (Å²) in [5, 5.41) is 0.836. The molecule has 4 rings (SSSR count). The second kappa shape index (κ2) is 5.83. The lowest BCUT2D eigenvalue weighted by atomic mass is 9.99. The van der Waals surface area contributed by atoms with E-state index >= 15 is 0 Å². The van der Waals surface area contributed by atoms with Crippen LogP contribution in [0.3, 0.4) is 0 Å². The van der Waals surface area contributed by atoms with Crippen LogP contribution in [0.4, 0.5) is 14.5 Å². The Labute approximate surface area is 148 Å². The SMILES string of the molecule is Cc1c(C)c2cc3c(c(C)c2oc1=O)OCN(c1ccc(F)cc1F)C3. The summed E-state index contributed by atoms with van der Waals surface area (Å²) in [6, 6.07) is 5.40. The van der Waals surface area contributed by atoms with Crippen molar-refractivity contribution in [3.8, 4) is 5.75 Å². The number of halogens is 2. The summed E-state index contributed by atoms with van der Waals surface area (Å²) >= 11 is 0. The second-order valence-electron chi connectivity index (χ2n) is 6.57. The van der Waals surface area contributed by atoms with E-state index in [1.54, 1.807) is 11.8 Å². The van der Waals surface area contributed by atoms with Crippen molar-refractivity contribution in [1.82, 2.24) is 0 Å². The highest BCUT2D eigenvalue weighted by atomic mass is 19.1. The summed E-state index contributed by atoms with van der Waals surface area (Å²) in [5.41, 5.74) is 3.46. The van der Waals surface area contributed by atoms with Crippen LogP contribution in [0.5, 0.6) is 5.75 Å². The highest BCUT2D eigenvalue weighted by Crippen LogP contribution is 2.37. The van der Waals surface area contributed by atoms with Gasteiger partial charge >= 0.3 is 5.63 Å². The van der Waals surface area contributed by atoms with Gasteiger partial charge in [-0.1, -0.05) is 0 Å². The summed E-state index contributed by atoms with van der Waals surface area (Å²) in [5.74, 6) is -0.609. The number of ether oxygens (including phenoxy) is 1. The van der Waals surface area contributed by atoms with Crippen molar-refractivity contribution < 1.29 is 17.9 Å². The predicted octanol–water partition coefficient (Wildman–Crippen LogP) is 4.35. The first kappa shape index (κ1) is 16.6. The maximum Gasteiger partial charge on any atom is 0.339 e. The first-order valence-electron chi connectivity index (χ1n) is 8.26. The molecule has 0 fully saturated rings. The number of fused-ring (bicyclic) bond motifs is 2. The highest BCUT2D eigenvalue weighted by molar-refractivity contribution is 5.87. The number of hydrogen-bond donors (Lipinski definition) is 0. The van der Waals surface area contributed by atoms with E-state index in [-0.39, 0.29) is 18.0 Å². The van der Waals surface area contributed by atoms with Crippen molar-refractivity contribution in [3.63, 3.8) is 0 Å². The van der Waals surface area contributed by atoms with Crippen LogP contribution in [0.25, 0.3) is 11.0 Å². The Morgan fingerprint density at radius 2 is 1.81 bits per heavy atom. The Hall–Kier alpha value is -2.89. The first-order chi connectivity index (χ1) is 12.4. The molecular weight excluding hydrogens is 340 g/mol. The third kappa shape index (κ3) is 2.44. The lowest BCUT2D eigenvalue weighted by molar-refractivity contribution is 0.285. The summed E-state index contributed by atoms with van der Waals surface area (Å²) in [4.78, 5) is 13.7. The molecule has 0 radical (unpaired) electrons. The fourth-order valence-electron chi connectivity index (χ4n) is 3.39. The van der Waals surface area contributed by atoms with Gasteiger partial charge in [0.15, 0.2) is 6.73 Å². The zero-order chi connectivity index (χ0) is 18.6. The molecule has 2 aromatic carbocycles. The Kier molecular flexibility index (Phi) is 3.72. The number of anilines is 1. The normalized spacial score (nSPS) is 13.7. The Balaban J connectivity index is 1.84. The molecule has 134 valence electrons. The average molecular weight is 357 g/mol. The molecule has 0 saturated carbocycles. The van der Waals surface area contributed by atoms with Crippen LogP contribution in [0.15, 0.2) is 33.5 Å². The summed E-state index contributed by atoms with van der Waals surface area (Å²) in [6.45, 7) is 5.98. The van der Waals surface area contributed by atoms with E-state index in [4.69, 9.17) is 9.15 Å². The Bertz CT molecular complexity index is 1100. The molecule has 0 saturated heterocycles. The lowest BCUT2D eigenvalue weighted by Crippen LogP contribution is -2.33. The van der Waals surface area contributed by atoms with E-state index < -0.39 is 11.6 Å². The topological polar surface area (TPSA) is 42.7 Å². The van der Waals surface area contributed by atoms with Gasteiger partial charge in [0.2, 0.25) is 0 Å². The number of aryl methyl sites for hydroxylation is 2. The van der Waals surface area contributed by atoms with Gasteiger partial charge in [-0.2, -0.15) is 0 Å². The van der Waals surface area contributed by atoms with Crippen molar-refractivity contribution in [1.29, 1.82) is 0 Å². The molecule has 1 aromatic heterocycles. The van der Waals surface area contributed by atoms with Crippen LogP contribution >= 0.6 is 0 Å². The molecule has 0 bridgehead atoms. The third-order valence-electron chi connectivity index (χ3n) is 4.98. The Morgan fingerprint density at radius 3 is 2.54 bits per heavy atom. The molecule has 0 spiro atoms. The van der Waals surface area contributed by atoms with Gasteiger partial charge in [-0.05, 0) is 44.5 Å². The highest BCUT2D eigenvalue weighted by Gasteiger charge is 2.25. The molecule has 0 atom stereocenters. The molecule has 26 heavy (non-hydrogen) atoms. The molecule has 0 N–H and O–H groups in total. The van der Waals surface area contributed by atoms with Gasteiger partial charge in [0.1, 0.15) is 23.0 Å². The molecule has 0 unspecified atom stereocenters. The van der Waals surface area contributed by atoms with Crippen molar-refractivity contribution in [3.05, 3.63) is 68.6 Å². The van der Waals surface area contributed by atoms with Crippen LogP contribution in [-0.4, -0.2) is 6.73 Å². The molecule has 1 aliphatic rings. The molecular formula is C20H17F2NO3. The van der Waals surface area contributed by atoms with Gasteiger partial charge in [0, 0.05) is 34.7 Å². The second-order valence-corrected chi connectivity index (χ2v) is 6.57. The number of nitrogens with zero attached hydrogens (tertiary/aromatic N) is 1. The van der Waals surface area contributed by atoms with E-state index in [0.717, 1.165) is 28.1 Å². The molecule has 4 nitrogen and oxygen atoms in total. The molecule has 2 heterocycles.